The highest BCUT2D eigenvalue weighted by Gasteiger charge is 2.20. The molecule has 0 radical (unpaired) electrons. The van der Waals surface area contributed by atoms with Crippen molar-refractivity contribution in [1.29, 1.82) is 0 Å². The van der Waals surface area contributed by atoms with Crippen molar-refractivity contribution in [3.05, 3.63) is 33.5 Å². The third-order valence-electron chi connectivity index (χ3n) is 3.18. The summed E-state index contributed by atoms with van der Waals surface area (Å²) in [5.41, 5.74) is 0. The second-order valence-electron chi connectivity index (χ2n) is 4.76. The quantitative estimate of drug-likeness (QED) is 0.626. The van der Waals surface area contributed by atoms with Gasteiger partial charge in [-0.2, -0.15) is 0 Å². The lowest BCUT2D eigenvalue weighted by molar-refractivity contribution is -0.121. The lowest BCUT2D eigenvalue weighted by atomic mass is 10.1. The van der Waals surface area contributed by atoms with E-state index in [0.29, 0.717) is 9.21 Å². The summed E-state index contributed by atoms with van der Waals surface area (Å²) in [4.78, 5) is 24.2. The first-order valence-corrected chi connectivity index (χ1v) is 7.65. The summed E-state index contributed by atoms with van der Waals surface area (Å²) in [7, 11) is 0. The van der Waals surface area contributed by atoms with Crippen LogP contribution in [0.4, 0.5) is 0 Å². The molecule has 0 spiro atoms. The van der Waals surface area contributed by atoms with Gasteiger partial charge in [-0.25, -0.2) is 0 Å². The van der Waals surface area contributed by atoms with Crippen molar-refractivity contribution in [3.63, 3.8) is 0 Å². The van der Waals surface area contributed by atoms with Crippen LogP contribution in [0.5, 0.6) is 0 Å². The molecule has 0 saturated carbocycles. The predicted molar refractivity (Wildman–Crippen MR) is 79.2 cm³/mol. The molecule has 1 amide bonds. The van der Waals surface area contributed by atoms with E-state index in [1.54, 1.807) is 12.1 Å². The molecule has 1 heterocycles. The number of halogens is 1. The van der Waals surface area contributed by atoms with Gasteiger partial charge < -0.3 is 10.4 Å². The zero-order chi connectivity index (χ0) is 14.5. The zero-order valence-corrected chi connectivity index (χ0v) is 12.4. The molecular formula is C14H16ClNO3S. The molecular weight excluding hydrogens is 298 g/mol. The van der Waals surface area contributed by atoms with Crippen molar-refractivity contribution in [3.8, 4) is 0 Å². The van der Waals surface area contributed by atoms with Crippen LogP contribution >= 0.6 is 22.9 Å². The molecule has 20 heavy (non-hydrogen) atoms. The molecule has 108 valence electrons. The van der Waals surface area contributed by atoms with E-state index in [2.05, 4.69) is 5.32 Å². The number of carbonyl (C=O) groups is 2. The molecule has 0 aromatic carbocycles. The second kappa shape index (κ2) is 7.02. The van der Waals surface area contributed by atoms with Crippen molar-refractivity contribution < 1.29 is 14.7 Å². The van der Waals surface area contributed by atoms with Crippen molar-refractivity contribution >= 4 is 34.6 Å². The number of nitrogens with one attached hydrogen (secondary N) is 1. The van der Waals surface area contributed by atoms with Crippen LogP contribution in [0.15, 0.2) is 24.3 Å². The average molecular weight is 314 g/mol. The van der Waals surface area contributed by atoms with Gasteiger partial charge in [0.25, 0.3) is 0 Å². The van der Waals surface area contributed by atoms with Gasteiger partial charge in [0.15, 0.2) is 5.78 Å². The largest absolute Gasteiger partial charge is 0.396 e. The van der Waals surface area contributed by atoms with E-state index in [1.165, 1.54) is 11.3 Å². The summed E-state index contributed by atoms with van der Waals surface area (Å²) >= 11 is 7.00. The van der Waals surface area contributed by atoms with Crippen molar-refractivity contribution in [1.82, 2.24) is 5.32 Å². The molecule has 1 aliphatic carbocycles. The Balaban J connectivity index is 1.73. The third-order valence-corrected chi connectivity index (χ3v) is 4.45. The summed E-state index contributed by atoms with van der Waals surface area (Å²) < 4.78 is 0.573. The normalized spacial score (nSPS) is 21.1. The number of aliphatic hydroxyl groups excluding tert-OH is 1. The number of aliphatic hydroxyl groups is 1. The Labute approximate surface area is 126 Å². The van der Waals surface area contributed by atoms with Gasteiger partial charge in [-0.15, -0.1) is 11.3 Å². The minimum absolute atomic E-state index is 0.0362. The number of carbonyl (C=O) groups excluding carboxylic acids is 2. The van der Waals surface area contributed by atoms with Gasteiger partial charge in [0, 0.05) is 31.4 Å². The van der Waals surface area contributed by atoms with Gasteiger partial charge in [-0.05, 0) is 18.6 Å². The topological polar surface area (TPSA) is 66.4 Å². The van der Waals surface area contributed by atoms with Gasteiger partial charge in [0.2, 0.25) is 5.91 Å². The first-order valence-electron chi connectivity index (χ1n) is 6.45. The van der Waals surface area contributed by atoms with Crippen LogP contribution in [0, 0.1) is 5.92 Å². The van der Waals surface area contributed by atoms with Gasteiger partial charge in [-0.3, -0.25) is 9.59 Å². The van der Waals surface area contributed by atoms with E-state index in [-0.39, 0.29) is 43.1 Å². The lowest BCUT2D eigenvalue weighted by Crippen LogP contribution is -2.33. The van der Waals surface area contributed by atoms with Gasteiger partial charge in [0.05, 0.1) is 9.21 Å². The Kier molecular flexibility index (Phi) is 5.34. The van der Waals surface area contributed by atoms with E-state index >= 15 is 0 Å². The monoisotopic (exact) mass is 313 g/mol. The van der Waals surface area contributed by atoms with E-state index in [4.69, 9.17) is 16.7 Å². The Hall–Kier alpha value is -1.17. The van der Waals surface area contributed by atoms with Gasteiger partial charge in [0.1, 0.15) is 0 Å². The molecule has 2 N–H and O–H groups in total. The summed E-state index contributed by atoms with van der Waals surface area (Å²) in [6, 6.07) is 3.32. The predicted octanol–water partition coefficient (Wildman–Crippen LogP) is 2.42. The first-order chi connectivity index (χ1) is 9.58. The molecule has 2 rings (SSSR count). The van der Waals surface area contributed by atoms with Crippen LogP contribution in [-0.2, 0) is 4.79 Å². The van der Waals surface area contributed by atoms with Crippen LogP contribution in [0.25, 0.3) is 0 Å². The highest BCUT2D eigenvalue weighted by atomic mass is 35.5. The van der Waals surface area contributed by atoms with Crippen molar-refractivity contribution in [2.45, 2.75) is 25.3 Å². The maximum absolute atomic E-state index is 11.8. The number of hydrogen-bond acceptors (Lipinski definition) is 4. The molecule has 0 unspecified atom stereocenters. The average Bonchev–Trinajstić information content (AvgIpc) is 3.05. The van der Waals surface area contributed by atoms with Crippen LogP contribution in [0.1, 0.15) is 28.9 Å². The molecule has 0 fully saturated rings. The molecule has 1 aromatic rings. The maximum atomic E-state index is 11.8. The maximum Gasteiger partial charge on any atom is 0.220 e. The third kappa shape index (κ3) is 4.16. The summed E-state index contributed by atoms with van der Waals surface area (Å²) in [6.07, 6.45) is 4.87. The van der Waals surface area contributed by atoms with Crippen LogP contribution in [-0.4, -0.2) is 29.4 Å². The number of hydrogen-bond donors (Lipinski definition) is 2. The van der Waals surface area contributed by atoms with E-state index in [0.717, 1.165) is 6.42 Å². The summed E-state index contributed by atoms with van der Waals surface area (Å²) in [5.74, 6) is -0.0864. The molecule has 0 aliphatic heterocycles. The second-order valence-corrected chi connectivity index (χ2v) is 6.48. The molecule has 1 aromatic heterocycles. The Morgan fingerprint density at radius 3 is 2.75 bits per heavy atom. The van der Waals surface area contributed by atoms with Crippen LogP contribution in [0.3, 0.4) is 0 Å². The van der Waals surface area contributed by atoms with E-state index in [1.807, 2.05) is 12.2 Å². The zero-order valence-electron chi connectivity index (χ0n) is 10.8. The molecule has 0 bridgehead atoms. The number of Topliss-reactive ketones (excluding diaryl/α,β-unsaturated/α-hetero) is 1. The standard InChI is InChI=1S/C14H16ClNO3S/c15-13-5-4-12(20-13)11(18)3-6-14(19)16-10-2-1-9(7-10)8-17/h1-2,4-5,9-10,17H,3,6-8H2,(H,16,19)/t9-,10+/m0/s1. The van der Waals surface area contributed by atoms with E-state index in [9.17, 15) is 9.59 Å². The number of thiophene rings is 1. The highest BCUT2D eigenvalue weighted by molar-refractivity contribution is 7.18. The molecule has 6 heteroatoms. The van der Waals surface area contributed by atoms with Crippen molar-refractivity contribution in [2.75, 3.05) is 6.61 Å². The minimum atomic E-state index is -0.144. The first kappa shape index (κ1) is 15.2. The SMILES string of the molecule is O=C(CCC(=O)c1ccc(Cl)s1)N[C@@H]1C=C[C@H](CO)C1. The lowest BCUT2D eigenvalue weighted by Gasteiger charge is -2.12. The number of amides is 1. The van der Waals surface area contributed by atoms with Crippen LogP contribution < -0.4 is 5.32 Å². The van der Waals surface area contributed by atoms with E-state index < -0.39 is 0 Å². The molecule has 0 saturated heterocycles. The highest BCUT2D eigenvalue weighted by Crippen LogP contribution is 2.23. The van der Waals surface area contributed by atoms with Crippen LogP contribution in [0.2, 0.25) is 4.34 Å². The molecule has 2 atom stereocenters. The van der Waals surface area contributed by atoms with Crippen molar-refractivity contribution in [2.24, 2.45) is 5.92 Å². The van der Waals surface area contributed by atoms with Gasteiger partial charge in [-0.1, -0.05) is 23.8 Å². The summed E-state index contributed by atoms with van der Waals surface area (Å²) in [5, 5.41) is 11.8. The van der Waals surface area contributed by atoms with Gasteiger partial charge >= 0.3 is 0 Å². The fraction of sp³-hybridized carbons (Fsp3) is 0.429. The smallest absolute Gasteiger partial charge is 0.220 e. The number of rotatable bonds is 6. The fourth-order valence-electron chi connectivity index (χ4n) is 2.11. The summed E-state index contributed by atoms with van der Waals surface area (Å²) in [6.45, 7) is 0.0977. The number of ketones is 1. The Morgan fingerprint density at radius 1 is 1.35 bits per heavy atom. The Bertz CT molecular complexity index is 526. The Morgan fingerprint density at radius 2 is 2.15 bits per heavy atom. The molecule has 1 aliphatic rings. The molecule has 4 nitrogen and oxygen atoms in total. The minimum Gasteiger partial charge on any atom is -0.396 e. The fourth-order valence-corrected chi connectivity index (χ4v) is 3.12.